The van der Waals surface area contributed by atoms with Crippen LogP contribution in [-0.4, -0.2) is 33.1 Å². The molecule has 6 nitrogen and oxygen atoms in total. The molecule has 1 aliphatic rings. The Balaban J connectivity index is 1.82. The van der Waals surface area contributed by atoms with Crippen LogP contribution in [0.1, 0.15) is 82.3 Å². The van der Waals surface area contributed by atoms with Gasteiger partial charge in [-0.3, -0.25) is 9.36 Å². The molecule has 4 rings (SSSR count). The highest BCUT2D eigenvalue weighted by molar-refractivity contribution is 5.78. The third-order valence-corrected chi connectivity index (χ3v) is 7.38. The number of amides is 2. The Bertz CT molecular complexity index is 1270. The molecule has 1 saturated carbocycles. The second-order valence-corrected chi connectivity index (χ2v) is 10.8. The Hall–Kier alpha value is -3.15. The molecule has 0 bridgehead atoms. The van der Waals surface area contributed by atoms with Crippen LogP contribution in [0.15, 0.2) is 47.3 Å². The van der Waals surface area contributed by atoms with Gasteiger partial charge in [-0.15, -0.1) is 0 Å². The topological polar surface area (TPSA) is 67.2 Å². The van der Waals surface area contributed by atoms with Crippen LogP contribution in [0.5, 0.6) is 0 Å². The van der Waals surface area contributed by atoms with Crippen LogP contribution in [0.3, 0.4) is 0 Å². The number of fused-ring (bicyclic) bond motifs is 1. The normalized spacial score (nSPS) is 15.3. The monoisotopic (exact) mass is 488 g/mol. The predicted octanol–water partition coefficient (Wildman–Crippen LogP) is 6.45. The number of benzene rings is 2. The second kappa shape index (κ2) is 11.3. The number of rotatable bonds is 7. The third kappa shape index (κ3) is 5.63. The first-order valence-corrected chi connectivity index (χ1v) is 13.4. The maximum Gasteiger partial charge on any atom is 0.318 e. The number of carbonyl (C=O) groups excluding carboxylic acids is 1. The molecule has 2 amide bonds. The van der Waals surface area contributed by atoms with E-state index in [0.717, 1.165) is 48.9 Å². The van der Waals surface area contributed by atoms with E-state index in [1.165, 1.54) is 6.42 Å². The van der Waals surface area contributed by atoms with Crippen LogP contribution >= 0.6 is 0 Å². The fourth-order valence-corrected chi connectivity index (χ4v) is 5.23. The summed E-state index contributed by atoms with van der Waals surface area (Å²) in [5.74, 6) is 1.04. The van der Waals surface area contributed by atoms with Crippen molar-refractivity contribution in [3.8, 4) is 5.69 Å². The van der Waals surface area contributed by atoms with Gasteiger partial charge in [0.15, 0.2) is 0 Å². The first-order chi connectivity index (χ1) is 17.3. The van der Waals surface area contributed by atoms with Gasteiger partial charge in [-0.25, -0.2) is 9.78 Å². The van der Waals surface area contributed by atoms with Crippen LogP contribution in [-0.2, 0) is 0 Å². The van der Waals surface area contributed by atoms with Crippen LogP contribution < -0.4 is 10.9 Å². The van der Waals surface area contributed by atoms with Gasteiger partial charge in [0, 0.05) is 12.6 Å². The van der Waals surface area contributed by atoms with E-state index in [1.807, 2.05) is 62.1 Å². The molecular weight excluding hydrogens is 448 g/mol. The lowest BCUT2D eigenvalue weighted by atomic mass is 9.96. The molecule has 0 aliphatic heterocycles. The summed E-state index contributed by atoms with van der Waals surface area (Å²) >= 11 is 0. The summed E-state index contributed by atoms with van der Waals surface area (Å²) in [6, 6.07) is 13.3. The number of nitrogens with zero attached hydrogens (tertiary/aromatic N) is 3. The Morgan fingerprint density at radius 3 is 2.50 bits per heavy atom. The highest BCUT2D eigenvalue weighted by Gasteiger charge is 2.29. The summed E-state index contributed by atoms with van der Waals surface area (Å²) in [6.45, 7) is 11.0. The van der Waals surface area contributed by atoms with Gasteiger partial charge < -0.3 is 10.2 Å². The van der Waals surface area contributed by atoms with Crippen molar-refractivity contribution in [2.75, 3.05) is 6.54 Å². The molecular formula is C30H40N4O2. The maximum absolute atomic E-state index is 13.9. The molecule has 2 aromatic carbocycles. The molecule has 1 aliphatic carbocycles. The average molecular weight is 489 g/mol. The van der Waals surface area contributed by atoms with E-state index in [-0.39, 0.29) is 23.7 Å². The van der Waals surface area contributed by atoms with Gasteiger partial charge in [0.1, 0.15) is 5.82 Å². The summed E-state index contributed by atoms with van der Waals surface area (Å²) in [4.78, 5) is 34.4. The van der Waals surface area contributed by atoms with Crippen molar-refractivity contribution in [1.82, 2.24) is 19.8 Å². The Morgan fingerprint density at radius 1 is 1.08 bits per heavy atom. The average Bonchev–Trinajstić information content (AvgIpc) is 2.85. The van der Waals surface area contributed by atoms with E-state index in [4.69, 9.17) is 4.98 Å². The standard InChI is InChI=1S/C30H40N4O2/c1-20(2)17-18-33(30(36)31-24-11-7-6-8-12-24)23(5)28-32-26-14-10-9-13-25(26)29(35)34(28)27-16-15-21(3)19-22(27)4/h9-10,13-16,19-20,23-24H,6-8,11-12,17-18H2,1-5H3,(H,31,36). The highest BCUT2D eigenvalue weighted by Crippen LogP contribution is 2.26. The molecule has 1 atom stereocenters. The smallest absolute Gasteiger partial charge is 0.318 e. The van der Waals surface area contributed by atoms with Gasteiger partial charge in [-0.05, 0) is 69.7 Å². The second-order valence-electron chi connectivity index (χ2n) is 10.8. The number of carbonyl (C=O) groups is 1. The summed E-state index contributed by atoms with van der Waals surface area (Å²) in [5, 5.41) is 3.87. The lowest BCUT2D eigenvalue weighted by Gasteiger charge is -2.33. The zero-order chi connectivity index (χ0) is 25.8. The quantitative estimate of drug-likeness (QED) is 0.415. The van der Waals surface area contributed by atoms with Crippen LogP contribution in [0.4, 0.5) is 4.79 Å². The lowest BCUT2D eigenvalue weighted by molar-refractivity contribution is 0.165. The number of hydrogen-bond donors (Lipinski definition) is 1. The van der Waals surface area contributed by atoms with E-state index < -0.39 is 0 Å². The Morgan fingerprint density at radius 2 is 1.81 bits per heavy atom. The van der Waals surface area contributed by atoms with E-state index in [0.29, 0.717) is 29.2 Å². The SMILES string of the molecule is Cc1ccc(-n2c(C(C)N(CCC(C)C)C(=O)NC3CCCCC3)nc3ccccc3c2=O)c(C)c1. The first-order valence-electron chi connectivity index (χ1n) is 13.4. The van der Waals surface area contributed by atoms with E-state index in [9.17, 15) is 9.59 Å². The summed E-state index contributed by atoms with van der Waals surface area (Å²) in [5.41, 5.74) is 3.50. The van der Waals surface area contributed by atoms with Gasteiger partial charge in [-0.2, -0.15) is 0 Å². The van der Waals surface area contributed by atoms with Crippen molar-refractivity contribution in [1.29, 1.82) is 0 Å². The van der Waals surface area contributed by atoms with Gasteiger partial charge in [0.25, 0.3) is 5.56 Å². The first kappa shape index (κ1) is 25.9. The maximum atomic E-state index is 13.9. The van der Waals surface area contributed by atoms with Gasteiger partial charge in [0.05, 0.1) is 22.6 Å². The van der Waals surface area contributed by atoms with E-state index in [2.05, 4.69) is 25.2 Å². The van der Waals surface area contributed by atoms with Crippen molar-refractivity contribution in [3.63, 3.8) is 0 Å². The van der Waals surface area contributed by atoms with Crippen LogP contribution in [0, 0.1) is 19.8 Å². The molecule has 1 unspecified atom stereocenters. The van der Waals surface area contributed by atoms with Crippen LogP contribution in [0.25, 0.3) is 16.6 Å². The number of aromatic nitrogens is 2. The molecule has 1 N–H and O–H groups in total. The molecule has 1 aromatic heterocycles. The molecule has 36 heavy (non-hydrogen) atoms. The molecule has 1 heterocycles. The zero-order valence-corrected chi connectivity index (χ0v) is 22.4. The molecule has 3 aromatic rings. The fraction of sp³-hybridized carbons (Fsp3) is 0.500. The highest BCUT2D eigenvalue weighted by atomic mass is 16.2. The largest absolute Gasteiger partial charge is 0.335 e. The van der Waals surface area contributed by atoms with Crippen LogP contribution in [0.2, 0.25) is 0 Å². The van der Waals surface area contributed by atoms with Crippen molar-refractivity contribution in [2.24, 2.45) is 5.92 Å². The predicted molar refractivity (Wildman–Crippen MR) is 147 cm³/mol. The fourth-order valence-electron chi connectivity index (χ4n) is 5.23. The zero-order valence-electron chi connectivity index (χ0n) is 22.4. The van der Waals surface area contributed by atoms with Gasteiger partial charge >= 0.3 is 6.03 Å². The molecule has 1 fully saturated rings. The molecule has 6 heteroatoms. The van der Waals surface area contributed by atoms with Gasteiger partial charge in [0.2, 0.25) is 0 Å². The summed E-state index contributed by atoms with van der Waals surface area (Å²) in [6.07, 6.45) is 6.49. The molecule has 0 spiro atoms. The minimum atomic E-state index is -0.384. The lowest BCUT2D eigenvalue weighted by Crippen LogP contribution is -2.48. The summed E-state index contributed by atoms with van der Waals surface area (Å²) < 4.78 is 1.72. The summed E-state index contributed by atoms with van der Waals surface area (Å²) in [7, 11) is 0. The molecule has 0 radical (unpaired) electrons. The number of aryl methyl sites for hydroxylation is 2. The van der Waals surface area contributed by atoms with Crippen molar-refractivity contribution in [3.05, 3.63) is 69.8 Å². The van der Waals surface area contributed by atoms with Crippen molar-refractivity contribution in [2.45, 2.75) is 85.2 Å². The van der Waals surface area contributed by atoms with Crippen molar-refractivity contribution < 1.29 is 4.79 Å². The minimum absolute atomic E-state index is 0.0652. The van der Waals surface area contributed by atoms with Gasteiger partial charge in [-0.1, -0.05) is 62.9 Å². The molecule has 0 saturated heterocycles. The Labute approximate surface area is 214 Å². The van der Waals surface area contributed by atoms with Crippen molar-refractivity contribution >= 4 is 16.9 Å². The number of hydrogen-bond acceptors (Lipinski definition) is 3. The third-order valence-electron chi connectivity index (χ3n) is 7.38. The Kier molecular flexibility index (Phi) is 8.12. The number of nitrogens with one attached hydrogen (secondary N) is 1. The minimum Gasteiger partial charge on any atom is -0.335 e. The number of urea groups is 1. The van der Waals surface area contributed by atoms with E-state index >= 15 is 0 Å². The number of para-hydroxylation sites is 1. The van der Waals surface area contributed by atoms with E-state index in [1.54, 1.807) is 4.57 Å². The molecule has 192 valence electrons.